The zero-order valence-electron chi connectivity index (χ0n) is 25.9. The summed E-state index contributed by atoms with van der Waals surface area (Å²) < 4.78 is 64.4. The van der Waals surface area contributed by atoms with E-state index in [0.717, 1.165) is 12.1 Å². The lowest BCUT2D eigenvalue weighted by atomic mass is 10.0. The number of rotatable bonds is 8. The number of nitrogens with zero attached hydrogens (tertiary/aromatic N) is 4. The number of carbonyl (C=O) groups is 3. The van der Waals surface area contributed by atoms with Crippen molar-refractivity contribution in [2.45, 2.75) is 51.6 Å². The SMILES string of the molecule is Cn1ccn(Cc2cc(C(=O)NC(CC(=O)O)c3ccc(Cl)c(Cl)c3)nc(-c3ccc(F)cc3C(F)(F)F)c2)/c1=N\C(=O)OC(C)(C)C. The molecule has 0 fully saturated rings. The first kappa shape index (κ1) is 36.2. The number of imidazole rings is 1. The van der Waals surface area contributed by atoms with E-state index in [1.165, 1.54) is 39.5 Å². The first-order chi connectivity index (χ1) is 22.3. The Labute approximate surface area is 281 Å². The predicted molar refractivity (Wildman–Crippen MR) is 168 cm³/mol. The second-order valence-electron chi connectivity index (χ2n) is 11.7. The van der Waals surface area contributed by atoms with Crippen LogP contribution in [0.5, 0.6) is 0 Å². The standard InChI is InChI=1S/C32H29Cl2F4N5O5/c1-31(2,3)48-30(47)41-29-42(4)9-10-43(29)16-17-11-25(20-7-6-19(35)14-21(20)32(36,37)38)39-26(12-17)28(46)40-24(15-27(44)45)18-5-8-22(33)23(34)13-18/h5-14,24H,15-16H2,1-4H3,(H,40,46)(H,44,45)/b41-29-. The van der Waals surface area contributed by atoms with Crippen LogP contribution in [0.4, 0.5) is 22.4 Å². The zero-order chi connectivity index (χ0) is 35.6. The minimum Gasteiger partial charge on any atom is -0.481 e. The van der Waals surface area contributed by atoms with Gasteiger partial charge < -0.3 is 24.3 Å². The van der Waals surface area contributed by atoms with Crippen molar-refractivity contribution in [3.8, 4) is 11.3 Å². The van der Waals surface area contributed by atoms with Gasteiger partial charge >= 0.3 is 18.2 Å². The van der Waals surface area contributed by atoms with Crippen molar-refractivity contribution in [2.75, 3.05) is 0 Å². The van der Waals surface area contributed by atoms with E-state index >= 15 is 0 Å². The molecule has 2 aromatic heterocycles. The number of halogens is 6. The van der Waals surface area contributed by atoms with Gasteiger partial charge in [0.2, 0.25) is 5.62 Å². The lowest BCUT2D eigenvalue weighted by Crippen LogP contribution is -2.31. The van der Waals surface area contributed by atoms with Crippen molar-refractivity contribution in [3.05, 3.63) is 105 Å². The van der Waals surface area contributed by atoms with Crippen LogP contribution in [0.2, 0.25) is 10.0 Å². The highest BCUT2D eigenvalue weighted by atomic mass is 35.5. The van der Waals surface area contributed by atoms with Gasteiger partial charge in [-0.3, -0.25) is 9.59 Å². The Balaban J connectivity index is 1.84. The van der Waals surface area contributed by atoms with E-state index in [2.05, 4.69) is 15.3 Å². The molecule has 0 radical (unpaired) electrons. The van der Waals surface area contributed by atoms with Gasteiger partial charge in [-0.05, 0) is 74.4 Å². The molecule has 1 unspecified atom stereocenters. The second kappa shape index (κ2) is 14.2. The number of hydrogen-bond donors (Lipinski definition) is 2. The van der Waals surface area contributed by atoms with Crippen LogP contribution < -0.4 is 10.9 Å². The molecule has 254 valence electrons. The van der Waals surface area contributed by atoms with E-state index in [9.17, 15) is 37.1 Å². The van der Waals surface area contributed by atoms with Gasteiger partial charge in [0.15, 0.2) is 0 Å². The number of amides is 2. The number of carboxylic acid groups (broad SMARTS) is 1. The molecule has 2 amide bonds. The molecule has 0 aliphatic heterocycles. The fourth-order valence-electron chi connectivity index (χ4n) is 4.64. The fraction of sp³-hybridized carbons (Fsp3) is 0.281. The average molecular weight is 711 g/mol. The van der Waals surface area contributed by atoms with Crippen LogP contribution in [0.15, 0.2) is 65.9 Å². The number of aromatic nitrogens is 3. The summed E-state index contributed by atoms with van der Waals surface area (Å²) in [5.74, 6) is -3.33. The quantitative estimate of drug-likeness (QED) is 0.187. The van der Waals surface area contributed by atoms with Crippen LogP contribution in [0.25, 0.3) is 11.3 Å². The Hall–Kier alpha value is -4.69. The van der Waals surface area contributed by atoms with Crippen molar-refractivity contribution in [1.82, 2.24) is 19.4 Å². The summed E-state index contributed by atoms with van der Waals surface area (Å²) in [6, 6.07) is 7.74. The fourth-order valence-corrected chi connectivity index (χ4v) is 4.95. The maximum Gasteiger partial charge on any atom is 0.437 e. The topological polar surface area (TPSA) is 128 Å². The zero-order valence-corrected chi connectivity index (χ0v) is 27.4. The minimum atomic E-state index is -4.98. The molecule has 0 aliphatic carbocycles. The van der Waals surface area contributed by atoms with Gasteiger partial charge in [-0.15, -0.1) is 4.99 Å². The maximum absolute atomic E-state index is 14.0. The van der Waals surface area contributed by atoms with E-state index < -0.39 is 59.2 Å². The van der Waals surface area contributed by atoms with Gasteiger partial charge in [-0.2, -0.15) is 13.2 Å². The summed E-state index contributed by atoms with van der Waals surface area (Å²) in [6.07, 6.45) is -3.32. The smallest absolute Gasteiger partial charge is 0.437 e. The molecule has 0 aliphatic rings. The summed E-state index contributed by atoms with van der Waals surface area (Å²) in [5, 5.41) is 12.4. The van der Waals surface area contributed by atoms with Crippen LogP contribution in [-0.4, -0.2) is 42.8 Å². The summed E-state index contributed by atoms with van der Waals surface area (Å²) in [6.45, 7) is 4.87. The van der Waals surface area contributed by atoms with E-state index in [1.54, 1.807) is 40.2 Å². The molecule has 4 rings (SSSR count). The van der Waals surface area contributed by atoms with Crippen LogP contribution in [0, 0.1) is 5.82 Å². The third-order valence-corrected chi connectivity index (χ3v) is 7.43. The lowest BCUT2D eigenvalue weighted by molar-refractivity contribution is -0.138. The normalized spacial score (nSPS) is 12.9. The molecule has 2 N–H and O–H groups in total. The average Bonchev–Trinajstić information content (AvgIpc) is 3.30. The first-order valence-electron chi connectivity index (χ1n) is 14.2. The molecule has 16 heteroatoms. The largest absolute Gasteiger partial charge is 0.481 e. The maximum atomic E-state index is 14.0. The molecule has 0 spiro atoms. The van der Waals surface area contributed by atoms with Gasteiger partial charge in [0.1, 0.15) is 17.1 Å². The summed E-state index contributed by atoms with van der Waals surface area (Å²) >= 11 is 12.1. The van der Waals surface area contributed by atoms with E-state index in [4.69, 9.17) is 27.9 Å². The Bertz CT molecular complexity index is 1950. The third-order valence-electron chi connectivity index (χ3n) is 6.69. The number of hydrogen-bond acceptors (Lipinski definition) is 5. The van der Waals surface area contributed by atoms with Crippen LogP contribution >= 0.6 is 23.2 Å². The number of nitrogens with one attached hydrogen (secondary N) is 1. The highest BCUT2D eigenvalue weighted by molar-refractivity contribution is 6.42. The molecule has 2 heterocycles. The van der Waals surface area contributed by atoms with Crippen LogP contribution in [0.1, 0.15) is 60.4 Å². The monoisotopic (exact) mass is 709 g/mol. The van der Waals surface area contributed by atoms with Crippen LogP contribution in [-0.2, 0) is 29.3 Å². The van der Waals surface area contributed by atoms with Gasteiger partial charge in [0, 0.05) is 25.0 Å². The number of aliphatic carboxylic acids is 1. The van der Waals surface area contributed by atoms with Gasteiger partial charge in [-0.25, -0.2) is 14.2 Å². The molecule has 48 heavy (non-hydrogen) atoms. The number of aryl methyl sites for hydroxylation is 1. The molecule has 0 saturated carbocycles. The molecule has 2 aromatic carbocycles. The lowest BCUT2D eigenvalue weighted by Gasteiger charge is -2.19. The Morgan fingerprint density at radius 1 is 1.02 bits per heavy atom. The number of benzene rings is 2. The molecule has 0 saturated heterocycles. The van der Waals surface area contributed by atoms with E-state index in [-0.39, 0.29) is 39.2 Å². The molecule has 0 bridgehead atoms. The van der Waals surface area contributed by atoms with Gasteiger partial charge in [0.05, 0.1) is 40.3 Å². The van der Waals surface area contributed by atoms with E-state index in [1.807, 2.05) is 0 Å². The van der Waals surface area contributed by atoms with Crippen molar-refractivity contribution >= 4 is 41.2 Å². The highest BCUT2D eigenvalue weighted by Gasteiger charge is 2.35. The predicted octanol–water partition coefficient (Wildman–Crippen LogP) is 7.18. The molecule has 4 aromatic rings. The molecular formula is C32H29Cl2F4N5O5. The highest BCUT2D eigenvalue weighted by Crippen LogP contribution is 2.37. The van der Waals surface area contributed by atoms with E-state index in [0.29, 0.717) is 11.6 Å². The molecule has 1 atom stereocenters. The van der Waals surface area contributed by atoms with Crippen molar-refractivity contribution < 1.29 is 41.8 Å². The van der Waals surface area contributed by atoms with Crippen molar-refractivity contribution in [3.63, 3.8) is 0 Å². The number of ether oxygens (including phenoxy) is 1. The third kappa shape index (κ3) is 9.22. The molecule has 10 nitrogen and oxygen atoms in total. The number of pyridine rings is 1. The first-order valence-corrected chi connectivity index (χ1v) is 14.9. The van der Waals surface area contributed by atoms with Gasteiger partial charge in [-0.1, -0.05) is 29.3 Å². The summed E-state index contributed by atoms with van der Waals surface area (Å²) in [4.78, 5) is 46.0. The Morgan fingerprint density at radius 2 is 1.73 bits per heavy atom. The Morgan fingerprint density at radius 3 is 2.35 bits per heavy atom. The van der Waals surface area contributed by atoms with Crippen molar-refractivity contribution in [1.29, 1.82) is 0 Å². The number of alkyl halides is 3. The van der Waals surface area contributed by atoms with Gasteiger partial charge in [0.25, 0.3) is 5.91 Å². The summed E-state index contributed by atoms with van der Waals surface area (Å²) in [7, 11) is 1.61. The second-order valence-corrected chi connectivity index (χ2v) is 12.5. The molecular weight excluding hydrogens is 681 g/mol. The number of carboxylic acids is 1. The van der Waals surface area contributed by atoms with Crippen LogP contribution in [0.3, 0.4) is 0 Å². The van der Waals surface area contributed by atoms with Crippen molar-refractivity contribution in [2.24, 2.45) is 12.0 Å². The summed E-state index contributed by atoms with van der Waals surface area (Å²) in [5.41, 5.74) is -2.72. The number of carbonyl (C=O) groups excluding carboxylic acids is 2. The Kier molecular flexibility index (Phi) is 10.7. The minimum absolute atomic E-state index is 0.102.